The van der Waals surface area contributed by atoms with Crippen molar-refractivity contribution < 1.29 is 14.3 Å². The maximum absolute atomic E-state index is 12.9. The molecule has 2 amide bonds. The molecule has 1 unspecified atom stereocenters. The van der Waals surface area contributed by atoms with Crippen LogP contribution in [0.1, 0.15) is 47.0 Å². The van der Waals surface area contributed by atoms with Gasteiger partial charge < -0.3 is 15.0 Å². The van der Waals surface area contributed by atoms with Gasteiger partial charge in [0.15, 0.2) is 0 Å². The zero-order chi connectivity index (χ0) is 18.4. The fourth-order valence-electron chi connectivity index (χ4n) is 2.76. The molecule has 1 aliphatic rings. The molecule has 140 valence electrons. The van der Waals surface area contributed by atoms with Gasteiger partial charge in [-0.05, 0) is 46.0 Å². The minimum atomic E-state index is -0.644. The molecular weight excluding hydrogens is 322 g/mol. The number of hydrogen-bond donors (Lipinski definition) is 1. The van der Waals surface area contributed by atoms with Crippen molar-refractivity contribution in [2.45, 2.75) is 65.1 Å². The van der Waals surface area contributed by atoms with Gasteiger partial charge in [-0.15, -0.1) is 0 Å². The summed E-state index contributed by atoms with van der Waals surface area (Å²) in [6, 6.07) is -0.644. The number of carbonyl (C=O) groups is 2. The van der Waals surface area contributed by atoms with Crippen LogP contribution in [0.3, 0.4) is 0 Å². The van der Waals surface area contributed by atoms with Gasteiger partial charge in [0.05, 0.1) is 18.9 Å². The summed E-state index contributed by atoms with van der Waals surface area (Å²) < 4.78 is 5.30. The Balaban J connectivity index is 1.99. The number of alkyl carbamates (subject to hydrolysis) is 1. The number of nitrogens with zero attached hydrogens (tertiary/aromatic N) is 4. The van der Waals surface area contributed by atoms with Crippen LogP contribution >= 0.6 is 0 Å². The largest absolute Gasteiger partial charge is 0.444 e. The fraction of sp³-hybridized carbons (Fsp3) is 0.765. The zero-order valence-corrected chi connectivity index (χ0v) is 15.6. The zero-order valence-electron chi connectivity index (χ0n) is 15.6. The molecule has 1 aromatic rings. The number of carbonyl (C=O) groups excluding carboxylic acids is 2. The van der Waals surface area contributed by atoms with Crippen LogP contribution in [0, 0.1) is 5.92 Å². The van der Waals surface area contributed by atoms with Crippen LogP contribution in [0.15, 0.2) is 12.4 Å². The molecule has 8 heteroatoms. The van der Waals surface area contributed by atoms with Crippen LogP contribution in [0.4, 0.5) is 4.79 Å². The smallest absolute Gasteiger partial charge is 0.408 e. The second-order valence-electron chi connectivity index (χ2n) is 7.62. The van der Waals surface area contributed by atoms with Gasteiger partial charge in [-0.3, -0.25) is 4.79 Å². The number of likely N-dealkylation sites (tertiary alicyclic amines) is 1. The van der Waals surface area contributed by atoms with E-state index in [0.717, 1.165) is 25.9 Å². The Morgan fingerprint density at radius 2 is 1.84 bits per heavy atom. The van der Waals surface area contributed by atoms with Crippen LogP contribution in [0.2, 0.25) is 0 Å². The first-order chi connectivity index (χ1) is 11.7. The third kappa shape index (κ3) is 6.36. The third-order valence-corrected chi connectivity index (χ3v) is 4.17. The summed E-state index contributed by atoms with van der Waals surface area (Å²) in [4.78, 5) is 28.3. The Bertz CT molecular complexity index is 559. The van der Waals surface area contributed by atoms with Crippen LogP contribution < -0.4 is 5.32 Å². The number of aromatic nitrogens is 3. The Labute approximate surface area is 148 Å². The van der Waals surface area contributed by atoms with E-state index in [1.807, 2.05) is 4.90 Å². The van der Waals surface area contributed by atoms with E-state index in [0.29, 0.717) is 18.9 Å². The molecule has 0 aliphatic carbocycles. The molecule has 2 heterocycles. The maximum atomic E-state index is 12.9. The quantitative estimate of drug-likeness (QED) is 0.874. The highest BCUT2D eigenvalue weighted by molar-refractivity contribution is 5.85. The second-order valence-corrected chi connectivity index (χ2v) is 7.62. The van der Waals surface area contributed by atoms with Gasteiger partial charge >= 0.3 is 6.09 Å². The monoisotopic (exact) mass is 351 g/mol. The van der Waals surface area contributed by atoms with Crippen molar-refractivity contribution in [3.05, 3.63) is 12.4 Å². The molecule has 0 bridgehead atoms. The molecule has 1 N–H and O–H groups in total. The van der Waals surface area contributed by atoms with Crippen LogP contribution in [-0.4, -0.2) is 56.6 Å². The van der Waals surface area contributed by atoms with E-state index in [1.54, 1.807) is 33.2 Å². The topological polar surface area (TPSA) is 89.4 Å². The van der Waals surface area contributed by atoms with Crippen molar-refractivity contribution in [1.82, 2.24) is 25.2 Å². The van der Waals surface area contributed by atoms with Gasteiger partial charge in [0, 0.05) is 13.1 Å². The minimum absolute atomic E-state index is 0.0649. The highest BCUT2D eigenvalue weighted by atomic mass is 16.6. The van der Waals surface area contributed by atoms with Gasteiger partial charge in [0.1, 0.15) is 11.6 Å². The van der Waals surface area contributed by atoms with E-state index in [1.165, 1.54) is 4.80 Å². The number of amides is 2. The third-order valence-electron chi connectivity index (χ3n) is 4.17. The van der Waals surface area contributed by atoms with Crippen LogP contribution in [0.5, 0.6) is 0 Å². The summed E-state index contributed by atoms with van der Waals surface area (Å²) in [5, 5.41) is 10.8. The lowest BCUT2D eigenvalue weighted by Gasteiger charge is -2.33. The van der Waals surface area contributed by atoms with Crippen molar-refractivity contribution in [1.29, 1.82) is 0 Å². The Hall–Kier alpha value is -2.12. The summed E-state index contributed by atoms with van der Waals surface area (Å²) in [5.41, 5.74) is -0.609. The van der Waals surface area contributed by atoms with Crippen molar-refractivity contribution in [3.63, 3.8) is 0 Å². The first-order valence-electron chi connectivity index (χ1n) is 8.87. The molecular formula is C17H29N5O3. The summed E-state index contributed by atoms with van der Waals surface area (Å²) in [7, 11) is 0. The summed E-state index contributed by atoms with van der Waals surface area (Å²) in [6.07, 6.45) is 4.99. The number of hydrogen-bond acceptors (Lipinski definition) is 5. The Morgan fingerprint density at radius 3 is 2.40 bits per heavy atom. The molecule has 0 saturated carbocycles. The number of piperidine rings is 1. The number of nitrogens with one attached hydrogen (secondary N) is 1. The molecule has 8 nitrogen and oxygen atoms in total. The Kier molecular flexibility index (Phi) is 6.39. The molecule has 2 rings (SSSR count). The van der Waals surface area contributed by atoms with Gasteiger partial charge in [-0.2, -0.15) is 15.0 Å². The van der Waals surface area contributed by atoms with Gasteiger partial charge in [0.2, 0.25) is 5.91 Å². The maximum Gasteiger partial charge on any atom is 0.408 e. The molecule has 25 heavy (non-hydrogen) atoms. The van der Waals surface area contributed by atoms with Crippen molar-refractivity contribution in [2.24, 2.45) is 5.92 Å². The number of aryl methyl sites for hydroxylation is 1. The first kappa shape index (κ1) is 19.2. The molecule has 1 aromatic heterocycles. The predicted octanol–water partition coefficient (Wildman–Crippen LogP) is 1.82. The highest BCUT2D eigenvalue weighted by Gasteiger charge is 2.29. The summed E-state index contributed by atoms with van der Waals surface area (Å²) in [5.74, 6) is 0.569. The van der Waals surface area contributed by atoms with E-state index >= 15 is 0 Å². The normalized spacial score (nSPS) is 17.2. The number of rotatable bonds is 5. The lowest BCUT2D eigenvalue weighted by molar-refractivity contribution is -0.135. The molecule has 1 saturated heterocycles. The van der Waals surface area contributed by atoms with Gasteiger partial charge in [0.25, 0.3) is 0 Å². The fourth-order valence-corrected chi connectivity index (χ4v) is 2.76. The predicted molar refractivity (Wildman–Crippen MR) is 92.8 cm³/mol. The van der Waals surface area contributed by atoms with E-state index in [2.05, 4.69) is 22.4 Å². The van der Waals surface area contributed by atoms with E-state index in [4.69, 9.17) is 4.74 Å². The van der Waals surface area contributed by atoms with Crippen molar-refractivity contribution in [2.75, 3.05) is 13.1 Å². The van der Waals surface area contributed by atoms with Gasteiger partial charge in [-0.25, -0.2) is 4.79 Å². The molecule has 1 atom stereocenters. The SMILES string of the molecule is CC1CCN(C(=O)C(CCn2nccn2)NC(=O)OC(C)(C)C)CC1. The summed E-state index contributed by atoms with van der Waals surface area (Å²) >= 11 is 0. The molecule has 1 aliphatic heterocycles. The average Bonchev–Trinajstić information content (AvgIpc) is 3.03. The van der Waals surface area contributed by atoms with Gasteiger partial charge in [-0.1, -0.05) is 6.92 Å². The van der Waals surface area contributed by atoms with E-state index in [-0.39, 0.29) is 5.91 Å². The lowest BCUT2D eigenvalue weighted by Crippen LogP contribution is -2.51. The standard InChI is InChI=1S/C17H29N5O3/c1-13-5-10-21(11-6-13)15(23)14(7-12-22-18-8-9-19-22)20-16(24)25-17(2,3)4/h8-9,13-14H,5-7,10-12H2,1-4H3,(H,20,24). The lowest BCUT2D eigenvalue weighted by atomic mass is 9.98. The molecule has 0 spiro atoms. The minimum Gasteiger partial charge on any atom is -0.444 e. The molecule has 1 fully saturated rings. The number of ether oxygens (including phenoxy) is 1. The molecule has 0 radical (unpaired) electrons. The van der Waals surface area contributed by atoms with Crippen molar-refractivity contribution >= 4 is 12.0 Å². The highest BCUT2D eigenvalue weighted by Crippen LogP contribution is 2.17. The second kappa shape index (κ2) is 8.31. The average molecular weight is 351 g/mol. The Morgan fingerprint density at radius 1 is 1.24 bits per heavy atom. The van der Waals surface area contributed by atoms with E-state index < -0.39 is 17.7 Å². The van der Waals surface area contributed by atoms with E-state index in [9.17, 15) is 9.59 Å². The molecule has 0 aromatic carbocycles. The summed E-state index contributed by atoms with van der Waals surface area (Å²) in [6.45, 7) is 9.49. The van der Waals surface area contributed by atoms with Crippen molar-refractivity contribution in [3.8, 4) is 0 Å². The van der Waals surface area contributed by atoms with Crippen LogP contribution in [-0.2, 0) is 16.1 Å². The van der Waals surface area contributed by atoms with Crippen LogP contribution in [0.25, 0.3) is 0 Å². The first-order valence-corrected chi connectivity index (χ1v) is 8.87.